The predicted molar refractivity (Wildman–Crippen MR) is 151 cm³/mol. The molecule has 0 aliphatic heterocycles. The van der Waals surface area contributed by atoms with Gasteiger partial charge in [0.2, 0.25) is 4.90 Å². The van der Waals surface area contributed by atoms with Crippen molar-refractivity contribution in [2.24, 2.45) is 20.5 Å². The molecular weight excluding hydrogens is 804 g/mol. The molecule has 6 N–H and O–H groups in total. The maximum absolute atomic E-state index is 13.4. The van der Waals surface area contributed by atoms with Crippen molar-refractivity contribution in [3.8, 4) is 17.2 Å². The second kappa shape index (κ2) is 18.8. The van der Waals surface area contributed by atoms with Crippen molar-refractivity contribution >= 4 is 81.6 Å². The molecule has 0 aliphatic rings. The molecule has 0 spiro atoms. The van der Waals surface area contributed by atoms with Gasteiger partial charge in [0.25, 0.3) is 15.8 Å². The molecule has 0 atom stereocenters. The predicted octanol–water partition coefficient (Wildman–Crippen LogP) is -9.95. The number of carbonyl (C=O) groups is 1. The smallest absolute Gasteiger partial charge is 0.871 e. The Morgan fingerprint density at radius 2 is 1.31 bits per heavy atom. The number of nitrogens with zero attached hydrogens (tertiary/aromatic N) is 5. The first-order valence-electron chi connectivity index (χ1n) is 11.9. The number of carboxylic acid groups (broad SMARTS) is 1. The fourth-order valence-electron chi connectivity index (χ4n) is 3.93. The number of azo groups is 2. The maximum Gasteiger partial charge on any atom is 1.00 e. The van der Waals surface area contributed by atoms with Crippen LogP contribution in [0, 0.1) is 10.1 Å². The number of nitro groups is 1. The second-order valence-electron chi connectivity index (χ2n) is 9.15. The fraction of sp³-hybridized carbons (Fsp3) is 0. The van der Waals surface area contributed by atoms with Crippen molar-refractivity contribution in [3.05, 3.63) is 58.1 Å². The summed E-state index contributed by atoms with van der Waals surface area (Å²) in [6, 6.07) is 3.90. The molecule has 4 aromatic carbocycles. The first-order valence-corrected chi connectivity index (χ1v) is 16.2. The largest absolute Gasteiger partial charge is 1.00 e. The van der Waals surface area contributed by atoms with E-state index in [-0.39, 0.29) is 124 Å². The third-order valence-electron chi connectivity index (χ3n) is 6.09. The molecule has 0 saturated carbocycles. The molecule has 29 heteroatoms. The first-order chi connectivity index (χ1) is 22.0. The summed E-state index contributed by atoms with van der Waals surface area (Å²) >= 11 is 0. The molecule has 0 unspecified atom stereocenters. The molecule has 0 saturated heterocycles. The van der Waals surface area contributed by atoms with Crippen LogP contribution in [0.5, 0.6) is 17.2 Å². The van der Waals surface area contributed by atoms with Crippen LogP contribution in [-0.4, -0.2) is 51.0 Å². The molecule has 0 aromatic heterocycles. The molecule has 252 valence electrons. The molecule has 0 fully saturated rings. The summed E-state index contributed by atoms with van der Waals surface area (Å²) in [5, 5.41) is 71.4. The third kappa shape index (κ3) is 11.0. The minimum Gasteiger partial charge on any atom is -0.871 e. The van der Waals surface area contributed by atoms with Gasteiger partial charge >= 0.3 is 135 Å². The van der Waals surface area contributed by atoms with E-state index in [0.29, 0.717) is 24.3 Å². The summed E-state index contributed by atoms with van der Waals surface area (Å²) < 4.78 is 99.5. The van der Waals surface area contributed by atoms with Crippen LogP contribution in [-0.2, 0) is 34.9 Å². The number of non-ortho nitro benzene ring substituents is 1. The van der Waals surface area contributed by atoms with E-state index in [2.05, 4.69) is 20.5 Å². The van der Waals surface area contributed by atoms with Crippen LogP contribution >= 0.6 is 0 Å². The zero-order valence-corrected chi connectivity index (χ0v) is 37.2. The van der Waals surface area contributed by atoms with Gasteiger partial charge in [0.15, 0.2) is 0 Å². The average Bonchev–Trinajstić information content (AvgIpc) is 2.95. The number of nitrogens with two attached hydrogens (primary N) is 1. The molecule has 0 bridgehead atoms. The van der Waals surface area contributed by atoms with Crippen molar-refractivity contribution in [3.63, 3.8) is 0 Å². The zero-order valence-electron chi connectivity index (χ0n) is 26.8. The van der Waals surface area contributed by atoms with Crippen molar-refractivity contribution in [2.45, 2.75) is 14.7 Å². The summed E-state index contributed by atoms with van der Waals surface area (Å²) in [5.41, 5.74) is -0.767. The Labute approximate surface area is 380 Å². The molecule has 22 nitrogen and oxygen atoms in total. The molecule has 0 aliphatic carbocycles. The normalized spacial score (nSPS) is 11.7. The quantitative estimate of drug-likeness (QED) is 0.0199. The van der Waals surface area contributed by atoms with Gasteiger partial charge < -0.3 is 30.7 Å². The van der Waals surface area contributed by atoms with E-state index < -0.39 is 124 Å². The van der Waals surface area contributed by atoms with Gasteiger partial charge in [0.1, 0.15) is 15.8 Å². The third-order valence-corrected chi connectivity index (χ3v) is 8.65. The van der Waals surface area contributed by atoms with Gasteiger partial charge in [-0.1, -0.05) is 23.3 Å². The second-order valence-corrected chi connectivity index (χ2v) is 13.4. The molecule has 0 heterocycles. The monoisotopic (exact) mass is 817 g/mol. The van der Waals surface area contributed by atoms with E-state index in [1.165, 1.54) is 0 Å². The Bertz CT molecular complexity index is 2430. The molecular formula is C23H13N6Na4O16S3+. The van der Waals surface area contributed by atoms with Gasteiger partial charge in [-0.3, -0.25) is 14.7 Å². The number of carboxylic acids is 1. The van der Waals surface area contributed by atoms with Crippen molar-refractivity contribution < 1.29 is 188 Å². The Hall–Kier alpha value is -1.70. The maximum atomic E-state index is 13.4. The summed E-state index contributed by atoms with van der Waals surface area (Å²) in [7, 11) is -15.9. The number of aromatic carboxylic acids is 1. The van der Waals surface area contributed by atoms with Crippen LogP contribution in [0.25, 0.3) is 10.8 Å². The van der Waals surface area contributed by atoms with Gasteiger partial charge in [-0.25, -0.2) is 13.2 Å². The van der Waals surface area contributed by atoms with E-state index in [1.54, 1.807) is 0 Å². The van der Waals surface area contributed by atoms with Gasteiger partial charge in [0.05, 0.1) is 43.0 Å². The number of hydrogen-bond acceptors (Lipinski definition) is 17. The Morgan fingerprint density at radius 3 is 1.79 bits per heavy atom. The number of nitro benzene ring substituents is 1. The van der Waals surface area contributed by atoms with Crippen LogP contribution in [0.1, 0.15) is 10.4 Å². The first kappa shape index (κ1) is 50.3. The van der Waals surface area contributed by atoms with Crippen LogP contribution in [0.4, 0.5) is 34.1 Å². The number of benzene rings is 4. The number of hydrogen-bond donors (Lipinski definition) is 5. The van der Waals surface area contributed by atoms with Crippen molar-refractivity contribution in [1.82, 2.24) is 0 Å². The van der Waals surface area contributed by atoms with Crippen LogP contribution < -0.4 is 139 Å². The van der Waals surface area contributed by atoms with Gasteiger partial charge in [0, 0.05) is 29.7 Å². The van der Waals surface area contributed by atoms with Crippen LogP contribution in [0.15, 0.2) is 77.6 Å². The zero-order chi connectivity index (χ0) is 36.1. The van der Waals surface area contributed by atoms with E-state index in [4.69, 9.17) is 5.73 Å². The molecule has 0 amide bonds. The molecule has 4 rings (SSSR count). The van der Waals surface area contributed by atoms with Crippen molar-refractivity contribution in [1.29, 1.82) is 0 Å². The van der Waals surface area contributed by atoms with E-state index in [0.717, 1.165) is 12.1 Å². The number of nitrogen functional groups attached to an aromatic ring is 1. The summed E-state index contributed by atoms with van der Waals surface area (Å²) in [6.07, 6.45) is 0. The Balaban J connectivity index is 0.00000650. The topological polar surface area (TPSA) is 394 Å². The minimum absolute atomic E-state index is 0. The van der Waals surface area contributed by atoms with Crippen LogP contribution in [0.2, 0.25) is 0 Å². The average molecular weight is 818 g/mol. The molecule has 4 aromatic rings. The summed E-state index contributed by atoms with van der Waals surface area (Å²) in [4.78, 5) is 17.6. The van der Waals surface area contributed by atoms with Gasteiger partial charge in [-0.2, -0.15) is 27.8 Å². The van der Waals surface area contributed by atoms with E-state index in [1.807, 2.05) is 0 Å². The van der Waals surface area contributed by atoms with Gasteiger partial charge in [-0.05, 0) is 21.7 Å². The molecule has 0 radical (unpaired) electrons. The Kier molecular flexibility index (Phi) is 18.1. The van der Waals surface area contributed by atoms with Crippen molar-refractivity contribution in [2.75, 3.05) is 5.73 Å². The number of rotatable bonds is 9. The SMILES string of the molecule is Nc1ccc2c([O-])c(N=Nc3cc([N+](=O)[O-])cc(S(=O)(=O)O)c3[O-])c(S(=O)(=O)[O-])cc2c1N=Nc1cc([S+](=O)(O)O)cc(C(=O)O)c1[O-].[Na+].[Na+].[Na+].[Na+]. The minimum atomic E-state index is -5.70. The number of fused-ring (bicyclic) bond motifs is 1. The molecule has 52 heavy (non-hydrogen) atoms. The van der Waals surface area contributed by atoms with E-state index in [9.17, 15) is 74.6 Å². The van der Waals surface area contributed by atoms with E-state index >= 15 is 0 Å². The Morgan fingerprint density at radius 1 is 0.769 bits per heavy atom. The fourth-order valence-corrected chi connectivity index (χ4v) is 5.71. The van der Waals surface area contributed by atoms with Gasteiger partial charge in [-0.15, -0.1) is 10.2 Å². The van der Waals surface area contributed by atoms with Crippen LogP contribution in [0.3, 0.4) is 0 Å². The number of anilines is 1. The summed E-state index contributed by atoms with van der Waals surface area (Å²) in [6.45, 7) is 0. The standard InChI is InChI=1S/C23H16N6O16S3.4Na/c24-13-2-1-10-11(18(13)27-26-15-6-9(46(37,38)39)5-12(20(15)30)23(33)34)7-16(47(40,41)42)19(21(10)31)28-25-14-3-8(29(35)36)4-17(22(14)32)48(43,44)45;;;;/h1-7H,(H9-,24,25,26,27,28,30,31,32,33,34,37,38,39,40,41,42,43,44,45);;;;/q;4*+1/p-3. The summed E-state index contributed by atoms with van der Waals surface area (Å²) in [5.74, 6) is -6.34.